The highest BCUT2D eigenvalue weighted by Gasteiger charge is 2.43. The zero-order valence-electron chi connectivity index (χ0n) is 22.6. The van der Waals surface area contributed by atoms with Gasteiger partial charge in [-0.3, -0.25) is 0 Å². The van der Waals surface area contributed by atoms with Crippen LogP contribution in [0.15, 0.2) is 85.1 Å². The minimum atomic E-state index is -1.23. The standard InChI is InChI=1S/C33H38N2O3/c1-35(2)19-18-33(36,30-15-9-13-25-10-7-8-14-28(25)30)31(26-11-5-4-6-12-26)29-22-27(23-34-32(29)37-3)24-16-20-38-21-17-24/h4-15,22-24,31,36H,16-21H2,1-3H3. The van der Waals surface area contributed by atoms with Gasteiger partial charge in [0, 0.05) is 37.4 Å². The molecule has 198 valence electrons. The first-order chi connectivity index (χ1) is 18.5. The van der Waals surface area contributed by atoms with Gasteiger partial charge < -0.3 is 19.5 Å². The van der Waals surface area contributed by atoms with E-state index in [9.17, 15) is 5.11 Å². The van der Waals surface area contributed by atoms with Crippen LogP contribution in [0.1, 0.15) is 53.4 Å². The molecule has 2 atom stereocenters. The van der Waals surface area contributed by atoms with Gasteiger partial charge in [-0.05, 0) is 72.8 Å². The summed E-state index contributed by atoms with van der Waals surface area (Å²) in [7, 11) is 5.77. The number of benzene rings is 3. The maximum absolute atomic E-state index is 13.1. The summed E-state index contributed by atoms with van der Waals surface area (Å²) in [6.45, 7) is 2.24. The van der Waals surface area contributed by atoms with Gasteiger partial charge in [0.2, 0.25) is 5.88 Å². The minimum Gasteiger partial charge on any atom is -0.481 e. The second-order valence-electron chi connectivity index (χ2n) is 10.6. The predicted octanol–water partition coefficient (Wildman–Crippen LogP) is 6.11. The van der Waals surface area contributed by atoms with Crippen LogP contribution in [-0.2, 0) is 10.3 Å². The van der Waals surface area contributed by atoms with Crippen LogP contribution in [0.25, 0.3) is 10.8 Å². The summed E-state index contributed by atoms with van der Waals surface area (Å²) in [6, 6.07) is 27.1. The molecule has 1 aromatic heterocycles. The molecule has 5 nitrogen and oxygen atoms in total. The first kappa shape index (κ1) is 26.4. The number of pyridine rings is 1. The average Bonchev–Trinajstić information content (AvgIpc) is 2.97. The zero-order valence-corrected chi connectivity index (χ0v) is 22.6. The smallest absolute Gasteiger partial charge is 0.216 e. The fourth-order valence-electron chi connectivity index (χ4n) is 5.91. The maximum Gasteiger partial charge on any atom is 0.216 e. The van der Waals surface area contributed by atoms with E-state index >= 15 is 0 Å². The van der Waals surface area contributed by atoms with Gasteiger partial charge in [0.15, 0.2) is 0 Å². The molecule has 1 aliphatic heterocycles. The number of aromatic nitrogens is 1. The molecule has 1 fully saturated rings. The lowest BCUT2D eigenvalue weighted by Crippen LogP contribution is -2.38. The van der Waals surface area contributed by atoms with Crippen molar-refractivity contribution >= 4 is 10.8 Å². The highest BCUT2D eigenvalue weighted by atomic mass is 16.5. The Labute approximate surface area is 226 Å². The lowest BCUT2D eigenvalue weighted by Gasteiger charge is -2.39. The van der Waals surface area contributed by atoms with Gasteiger partial charge in [-0.1, -0.05) is 72.8 Å². The van der Waals surface area contributed by atoms with Gasteiger partial charge >= 0.3 is 0 Å². The summed E-state index contributed by atoms with van der Waals surface area (Å²) < 4.78 is 11.5. The third-order valence-corrected chi connectivity index (χ3v) is 7.90. The number of methoxy groups -OCH3 is 1. The Balaban J connectivity index is 1.76. The molecule has 0 saturated carbocycles. The quantitative estimate of drug-likeness (QED) is 0.295. The molecule has 0 radical (unpaired) electrons. The van der Waals surface area contributed by atoms with Gasteiger partial charge in [0.1, 0.15) is 5.60 Å². The number of rotatable bonds is 9. The predicted molar refractivity (Wildman–Crippen MR) is 153 cm³/mol. The Kier molecular flexibility index (Phi) is 8.08. The van der Waals surface area contributed by atoms with Gasteiger partial charge in [0.25, 0.3) is 0 Å². The Morgan fingerprint density at radius 1 is 1.00 bits per heavy atom. The van der Waals surface area contributed by atoms with Crippen LogP contribution in [0, 0.1) is 0 Å². The number of aliphatic hydroxyl groups is 1. The molecule has 1 aliphatic rings. The van der Waals surface area contributed by atoms with E-state index in [0.717, 1.165) is 60.1 Å². The number of fused-ring (bicyclic) bond motifs is 1. The lowest BCUT2D eigenvalue weighted by molar-refractivity contribution is 0.00509. The van der Waals surface area contributed by atoms with Crippen molar-refractivity contribution in [2.45, 2.75) is 36.7 Å². The van der Waals surface area contributed by atoms with Crippen molar-refractivity contribution in [3.63, 3.8) is 0 Å². The molecule has 1 N–H and O–H groups in total. The van der Waals surface area contributed by atoms with E-state index < -0.39 is 11.5 Å². The van der Waals surface area contributed by atoms with Gasteiger partial charge in [-0.15, -0.1) is 0 Å². The molecule has 5 rings (SSSR count). The van der Waals surface area contributed by atoms with Gasteiger partial charge in [-0.2, -0.15) is 0 Å². The molecule has 1 saturated heterocycles. The molecule has 0 spiro atoms. The SMILES string of the molecule is COc1ncc(C2CCOCC2)cc1C(c1ccccc1)C(O)(CCN(C)C)c1cccc2ccccc12. The first-order valence-corrected chi connectivity index (χ1v) is 13.5. The van der Waals surface area contributed by atoms with Crippen molar-refractivity contribution in [3.05, 3.63) is 107 Å². The average molecular weight is 511 g/mol. The summed E-state index contributed by atoms with van der Waals surface area (Å²) in [5, 5.41) is 15.3. The fourth-order valence-corrected chi connectivity index (χ4v) is 5.91. The van der Waals surface area contributed by atoms with Crippen LogP contribution in [-0.4, -0.2) is 56.0 Å². The monoisotopic (exact) mass is 510 g/mol. The van der Waals surface area contributed by atoms with Crippen molar-refractivity contribution in [1.29, 1.82) is 0 Å². The molecular weight excluding hydrogens is 472 g/mol. The van der Waals surface area contributed by atoms with Crippen LogP contribution < -0.4 is 4.74 Å². The lowest BCUT2D eigenvalue weighted by atomic mass is 9.70. The molecule has 4 aromatic rings. The summed E-state index contributed by atoms with van der Waals surface area (Å²) in [5.41, 5.74) is 2.82. The van der Waals surface area contributed by atoms with E-state index in [1.807, 2.05) is 42.6 Å². The van der Waals surface area contributed by atoms with Crippen LogP contribution in [0.5, 0.6) is 5.88 Å². The summed E-state index contributed by atoms with van der Waals surface area (Å²) in [4.78, 5) is 6.93. The topological polar surface area (TPSA) is 54.8 Å². The zero-order chi connectivity index (χ0) is 26.5. The van der Waals surface area contributed by atoms with Crippen LogP contribution >= 0.6 is 0 Å². The van der Waals surface area contributed by atoms with E-state index in [0.29, 0.717) is 18.2 Å². The molecular formula is C33H38N2O3. The maximum atomic E-state index is 13.1. The van der Waals surface area contributed by atoms with E-state index in [4.69, 9.17) is 14.5 Å². The molecule has 2 unspecified atom stereocenters. The van der Waals surface area contributed by atoms with E-state index in [-0.39, 0.29) is 0 Å². The minimum absolute atomic E-state index is 0.379. The van der Waals surface area contributed by atoms with Gasteiger partial charge in [0.05, 0.1) is 7.11 Å². The first-order valence-electron chi connectivity index (χ1n) is 13.5. The molecule has 38 heavy (non-hydrogen) atoms. The van der Waals surface area contributed by atoms with Crippen LogP contribution in [0.3, 0.4) is 0 Å². The highest BCUT2D eigenvalue weighted by Crippen LogP contribution is 2.49. The molecule has 0 aliphatic carbocycles. The Morgan fingerprint density at radius 3 is 2.45 bits per heavy atom. The third-order valence-electron chi connectivity index (χ3n) is 7.90. The number of hydrogen-bond donors (Lipinski definition) is 1. The fraction of sp³-hybridized carbons (Fsp3) is 0.364. The Hall–Kier alpha value is -3.25. The molecule has 0 bridgehead atoms. The highest BCUT2D eigenvalue weighted by molar-refractivity contribution is 5.86. The van der Waals surface area contributed by atoms with Crippen molar-refractivity contribution in [1.82, 2.24) is 9.88 Å². The van der Waals surface area contributed by atoms with Gasteiger partial charge in [-0.25, -0.2) is 4.98 Å². The summed E-state index contributed by atoms with van der Waals surface area (Å²) in [5.74, 6) is 0.541. The second-order valence-corrected chi connectivity index (χ2v) is 10.6. The largest absolute Gasteiger partial charge is 0.481 e. The molecule has 3 aromatic carbocycles. The van der Waals surface area contributed by atoms with Crippen molar-refractivity contribution in [2.75, 3.05) is 41.0 Å². The number of nitrogens with zero attached hydrogens (tertiary/aromatic N) is 2. The normalized spacial score (nSPS) is 16.9. The Bertz CT molecular complexity index is 1350. The van der Waals surface area contributed by atoms with Crippen molar-refractivity contribution in [2.24, 2.45) is 0 Å². The van der Waals surface area contributed by atoms with Crippen LogP contribution in [0.2, 0.25) is 0 Å². The molecule has 5 heteroatoms. The molecule has 2 heterocycles. The van der Waals surface area contributed by atoms with E-state index in [1.54, 1.807) is 7.11 Å². The number of ether oxygens (including phenoxy) is 2. The van der Waals surface area contributed by atoms with Crippen molar-refractivity contribution in [3.8, 4) is 5.88 Å². The van der Waals surface area contributed by atoms with E-state index in [1.165, 1.54) is 5.56 Å². The molecule has 0 amide bonds. The number of hydrogen-bond acceptors (Lipinski definition) is 5. The van der Waals surface area contributed by atoms with Crippen molar-refractivity contribution < 1.29 is 14.6 Å². The van der Waals surface area contributed by atoms with Crippen LogP contribution in [0.4, 0.5) is 0 Å². The Morgan fingerprint density at radius 2 is 1.71 bits per heavy atom. The summed E-state index contributed by atoms with van der Waals surface area (Å²) in [6.07, 6.45) is 4.42. The summed E-state index contributed by atoms with van der Waals surface area (Å²) >= 11 is 0. The van der Waals surface area contributed by atoms with E-state index in [2.05, 4.69) is 61.5 Å². The third kappa shape index (κ3) is 5.32. The second kappa shape index (κ2) is 11.6.